The molecule has 1 aliphatic rings. The van der Waals surface area contributed by atoms with Crippen LogP contribution in [-0.4, -0.2) is 16.8 Å². The van der Waals surface area contributed by atoms with Crippen molar-refractivity contribution in [3.63, 3.8) is 0 Å². The molecular weight excluding hydrogens is 377 g/mol. The molecule has 0 saturated heterocycles. The third-order valence-electron chi connectivity index (χ3n) is 3.36. The van der Waals surface area contributed by atoms with E-state index in [0.29, 0.717) is 26.5 Å². The van der Waals surface area contributed by atoms with E-state index in [4.69, 9.17) is 28.5 Å². The van der Waals surface area contributed by atoms with Gasteiger partial charge in [0.1, 0.15) is 5.70 Å². The fraction of sp³-hybridized carbons (Fsp3) is 0.0556. The largest absolute Gasteiger partial charge is 0.283 e. The van der Waals surface area contributed by atoms with Crippen LogP contribution in [0.3, 0.4) is 0 Å². The first-order chi connectivity index (χ1) is 12.1. The molecular formula is C18H11Cl2N3OS. The van der Waals surface area contributed by atoms with Crippen molar-refractivity contribution in [3.05, 3.63) is 69.8 Å². The molecule has 1 aliphatic heterocycles. The standard InChI is InChI=1S/C18H11Cl2N3OS/c19-13-7-6-12(15(20)11-13)10-16-17(24)23(14-4-2-1-3-5-14)18(22-16)25-9-8-21/h1-7,10-11H,9H2/b16-10+. The Bertz CT molecular complexity index is 920. The second-order valence-electron chi connectivity index (χ2n) is 5.01. The van der Waals surface area contributed by atoms with Gasteiger partial charge in [-0.2, -0.15) is 5.26 Å². The molecule has 1 heterocycles. The number of halogens is 2. The molecule has 2 aromatic carbocycles. The number of carbonyl (C=O) groups is 1. The Morgan fingerprint density at radius 3 is 2.64 bits per heavy atom. The molecule has 25 heavy (non-hydrogen) atoms. The minimum Gasteiger partial charge on any atom is -0.266 e. The van der Waals surface area contributed by atoms with Crippen LogP contribution in [0.5, 0.6) is 0 Å². The number of para-hydroxylation sites is 1. The third-order valence-corrected chi connectivity index (χ3v) is 4.73. The summed E-state index contributed by atoms with van der Waals surface area (Å²) in [6, 6.07) is 16.3. The zero-order valence-electron chi connectivity index (χ0n) is 12.8. The lowest BCUT2D eigenvalue weighted by atomic mass is 10.2. The van der Waals surface area contributed by atoms with Gasteiger partial charge in [0.25, 0.3) is 5.91 Å². The van der Waals surface area contributed by atoms with Crippen molar-refractivity contribution in [3.8, 4) is 6.07 Å². The molecule has 0 aliphatic carbocycles. The third kappa shape index (κ3) is 3.88. The molecule has 3 rings (SSSR count). The summed E-state index contributed by atoms with van der Waals surface area (Å²) >= 11 is 13.3. The molecule has 0 radical (unpaired) electrons. The number of amides is 1. The van der Waals surface area contributed by atoms with Crippen molar-refractivity contribution in [1.29, 1.82) is 5.26 Å². The van der Waals surface area contributed by atoms with Gasteiger partial charge in [0.05, 0.1) is 17.5 Å². The van der Waals surface area contributed by atoms with Gasteiger partial charge in [-0.25, -0.2) is 4.99 Å². The Hall–Kier alpha value is -2.26. The minimum atomic E-state index is -0.266. The van der Waals surface area contributed by atoms with Gasteiger partial charge in [-0.15, -0.1) is 0 Å². The quantitative estimate of drug-likeness (QED) is 0.696. The molecule has 0 bridgehead atoms. The van der Waals surface area contributed by atoms with Crippen LogP contribution in [-0.2, 0) is 4.79 Å². The van der Waals surface area contributed by atoms with Gasteiger partial charge in [-0.3, -0.25) is 9.69 Å². The van der Waals surface area contributed by atoms with Gasteiger partial charge in [0.15, 0.2) is 5.17 Å². The molecule has 0 atom stereocenters. The molecule has 124 valence electrons. The van der Waals surface area contributed by atoms with Crippen LogP contribution in [0, 0.1) is 11.3 Å². The summed E-state index contributed by atoms with van der Waals surface area (Å²) in [5.74, 6) is -0.0672. The van der Waals surface area contributed by atoms with Gasteiger partial charge in [0, 0.05) is 10.0 Å². The summed E-state index contributed by atoms with van der Waals surface area (Å²) in [7, 11) is 0. The molecule has 0 saturated carbocycles. The van der Waals surface area contributed by atoms with Crippen LogP contribution in [0.2, 0.25) is 10.0 Å². The van der Waals surface area contributed by atoms with Crippen LogP contribution < -0.4 is 4.90 Å². The molecule has 0 N–H and O–H groups in total. The van der Waals surface area contributed by atoms with Crippen molar-refractivity contribution < 1.29 is 4.79 Å². The zero-order valence-corrected chi connectivity index (χ0v) is 15.1. The normalized spacial score (nSPS) is 15.4. The van der Waals surface area contributed by atoms with E-state index in [9.17, 15) is 4.79 Å². The van der Waals surface area contributed by atoms with Crippen LogP contribution >= 0.6 is 35.0 Å². The van der Waals surface area contributed by atoms with Crippen molar-refractivity contribution in [2.75, 3.05) is 10.7 Å². The van der Waals surface area contributed by atoms with E-state index in [1.807, 2.05) is 30.3 Å². The van der Waals surface area contributed by atoms with E-state index in [2.05, 4.69) is 11.1 Å². The fourth-order valence-electron chi connectivity index (χ4n) is 2.26. The van der Waals surface area contributed by atoms with Crippen molar-refractivity contribution >= 4 is 57.8 Å². The first-order valence-corrected chi connectivity index (χ1v) is 8.99. The van der Waals surface area contributed by atoms with Gasteiger partial charge >= 0.3 is 0 Å². The highest BCUT2D eigenvalue weighted by atomic mass is 35.5. The van der Waals surface area contributed by atoms with E-state index >= 15 is 0 Å². The van der Waals surface area contributed by atoms with Crippen molar-refractivity contribution in [2.45, 2.75) is 0 Å². The highest BCUT2D eigenvalue weighted by Gasteiger charge is 2.31. The molecule has 7 heteroatoms. The SMILES string of the molecule is N#CCSC1=N/C(=C/c2ccc(Cl)cc2Cl)C(=O)N1c1ccccc1. The summed E-state index contributed by atoms with van der Waals surface area (Å²) in [5.41, 5.74) is 1.61. The molecule has 0 spiro atoms. The predicted molar refractivity (Wildman–Crippen MR) is 104 cm³/mol. The summed E-state index contributed by atoms with van der Waals surface area (Å²) in [6.07, 6.45) is 1.62. The van der Waals surface area contributed by atoms with E-state index in [1.165, 1.54) is 16.7 Å². The van der Waals surface area contributed by atoms with Crippen LogP contribution in [0.15, 0.2) is 59.2 Å². The number of nitrogens with zero attached hydrogens (tertiary/aromatic N) is 3. The Balaban J connectivity index is 2.01. The topological polar surface area (TPSA) is 56.5 Å². The van der Waals surface area contributed by atoms with Gasteiger partial charge in [0.2, 0.25) is 0 Å². The lowest BCUT2D eigenvalue weighted by Crippen LogP contribution is -2.30. The highest BCUT2D eigenvalue weighted by molar-refractivity contribution is 8.14. The average Bonchev–Trinajstić information content (AvgIpc) is 2.92. The number of rotatable bonds is 3. The van der Waals surface area contributed by atoms with Crippen LogP contribution in [0.1, 0.15) is 5.56 Å². The number of aliphatic imine (C=N–C) groups is 1. The first-order valence-electron chi connectivity index (χ1n) is 7.25. The molecule has 1 amide bonds. The second-order valence-corrected chi connectivity index (χ2v) is 6.80. The van der Waals surface area contributed by atoms with Gasteiger partial charge in [-0.05, 0) is 35.9 Å². The fourth-order valence-corrected chi connectivity index (χ4v) is 3.40. The summed E-state index contributed by atoms with van der Waals surface area (Å²) in [6.45, 7) is 0. The van der Waals surface area contributed by atoms with Gasteiger partial charge < -0.3 is 0 Å². The first kappa shape index (κ1) is 17.6. The number of amidine groups is 1. The number of anilines is 1. The Morgan fingerprint density at radius 1 is 1.20 bits per heavy atom. The van der Waals surface area contributed by atoms with Crippen molar-refractivity contribution in [1.82, 2.24) is 0 Å². The molecule has 4 nitrogen and oxygen atoms in total. The number of carbonyl (C=O) groups excluding carboxylic acids is 1. The van der Waals surface area contributed by atoms with E-state index in [0.717, 1.165) is 0 Å². The Kier molecular flexibility index (Phi) is 5.44. The van der Waals surface area contributed by atoms with E-state index in [1.54, 1.807) is 24.3 Å². The summed E-state index contributed by atoms with van der Waals surface area (Å²) in [4.78, 5) is 18.7. The number of thioether (sulfide) groups is 1. The number of nitriles is 1. The van der Waals surface area contributed by atoms with Crippen LogP contribution in [0.4, 0.5) is 5.69 Å². The lowest BCUT2D eigenvalue weighted by Gasteiger charge is -2.16. The minimum absolute atomic E-state index is 0.199. The zero-order chi connectivity index (χ0) is 17.8. The Morgan fingerprint density at radius 2 is 1.96 bits per heavy atom. The van der Waals surface area contributed by atoms with Gasteiger partial charge in [-0.1, -0.05) is 59.2 Å². The maximum atomic E-state index is 12.8. The smallest absolute Gasteiger partial charge is 0.266 e. The monoisotopic (exact) mass is 387 g/mol. The highest BCUT2D eigenvalue weighted by Crippen LogP contribution is 2.30. The van der Waals surface area contributed by atoms with E-state index in [-0.39, 0.29) is 17.4 Å². The molecule has 0 unspecified atom stereocenters. The van der Waals surface area contributed by atoms with E-state index < -0.39 is 0 Å². The average molecular weight is 388 g/mol. The van der Waals surface area contributed by atoms with Crippen LogP contribution in [0.25, 0.3) is 6.08 Å². The lowest BCUT2D eigenvalue weighted by molar-refractivity contribution is -0.113. The predicted octanol–water partition coefficient (Wildman–Crippen LogP) is 4.99. The summed E-state index contributed by atoms with van der Waals surface area (Å²) < 4.78 is 0. The molecule has 2 aromatic rings. The Labute approximate surface area is 159 Å². The molecule has 0 fully saturated rings. The second kappa shape index (κ2) is 7.75. The number of hydrogen-bond acceptors (Lipinski definition) is 4. The number of hydrogen-bond donors (Lipinski definition) is 0. The molecule has 0 aromatic heterocycles. The number of benzene rings is 2. The summed E-state index contributed by atoms with van der Waals surface area (Å²) in [5, 5.41) is 10.3. The maximum absolute atomic E-state index is 12.8. The maximum Gasteiger partial charge on any atom is 0.283 e. The van der Waals surface area contributed by atoms with Crippen molar-refractivity contribution in [2.24, 2.45) is 4.99 Å².